The Hall–Kier alpha value is -2.66. The maximum atomic E-state index is 12.6. The molecule has 0 atom stereocenters. The predicted molar refractivity (Wildman–Crippen MR) is 109 cm³/mol. The van der Waals surface area contributed by atoms with Gasteiger partial charge in [-0.05, 0) is 56.1 Å². The molecule has 0 spiro atoms. The second-order valence-electron chi connectivity index (χ2n) is 7.39. The quantitative estimate of drug-likeness (QED) is 0.698. The summed E-state index contributed by atoms with van der Waals surface area (Å²) in [6, 6.07) is 18.1. The van der Waals surface area contributed by atoms with Gasteiger partial charge in [0.05, 0.1) is 23.9 Å². The summed E-state index contributed by atoms with van der Waals surface area (Å²) in [7, 11) is 1.86. The van der Waals surface area contributed by atoms with E-state index in [0.29, 0.717) is 12.5 Å². The number of nitrogens with zero attached hydrogens (tertiary/aromatic N) is 4. The van der Waals surface area contributed by atoms with E-state index in [9.17, 15) is 4.79 Å². The van der Waals surface area contributed by atoms with Gasteiger partial charge in [-0.1, -0.05) is 30.3 Å². The first-order valence-corrected chi connectivity index (χ1v) is 9.64. The average molecular weight is 362 g/mol. The van der Waals surface area contributed by atoms with Crippen LogP contribution < -0.4 is 4.90 Å². The van der Waals surface area contributed by atoms with E-state index >= 15 is 0 Å². The zero-order valence-corrected chi connectivity index (χ0v) is 15.8. The van der Waals surface area contributed by atoms with Crippen molar-refractivity contribution in [3.05, 3.63) is 60.9 Å². The summed E-state index contributed by atoms with van der Waals surface area (Å²) < 4.78 is 2.27. The van der Waals surface area contributed by atoms with E-state index in [-0.39, 0.29) is 5.91 Å². The van der Waals surface area contributed by atoms with Gasteiger partial charge in [0.15, 0.2) is 0 Å². The molecular weight excluding hydrogens is 336 g/mol. The van der Waals surface area contributed by atoms with E-state index in [2.05, 4.69) is 32.7 Å². The lowest BCUT2D eigenvalue weighted by atomic mass is 9.96. The molecule has 1 aliphatic heterocycles. The largest absolute Gasteiger partial charge is 0.330 e. The van der Waals surface area contributed by atoms with Gasteiger partial charge < -0.3 is 9.47 Å². The fourth-order valence-corrected chi connectivity index (χ4v) is 3.85. The first-order chi connectivity index (χ1) is 13.2. The average Bonchev–Trinajstić information content (AvgIpc) is 3.12. The van der Waals surface area contributed by atoms with E-state index in [1.807, 2.05) is 49.8 Å². The fraction of sp³-hybridized carbons (Fsp3) is 0.364. The second-order valence-corrected chi connectivity index (χ2v) is 7.39. The van der Waals surface area contributed by atoms with Crippen LogP contribution in [-0.2, 0) is 11.3 Å². The van der Waals surface area contributed by atoms with Crippen molar-refractivity contribution in [2.45, 2.75) is 19.4 Å². The van der Waals surface area contributed by atoms with Crippen molar-refractivity contribution in [1.29, 1.82) is 0 Å². The number of anilines is 1. The number of likely N-dealkylation sites (tertiary alicyclic amines) is 1. The second kappa shape index (κ2) is 7.92. The number of imidazole rings is 1. The minimum absolute atomic E-state index is 0.153. The van der Waals surface area contributed by atoms with Crippen LogP contribution in [0.2, 0.25) is 0 Å². The van der Waals surface area contributed by atoms with Gasteiger partial charge in [0.1, 0.15) is 0 Å². The molecule has 0 unspecified atom stereocenters. The molecule has 4 rings (SSSR count). The third-order valence-electron chi connectivity index (χ3n) is 5.57. The molecule has 140 valence electrons. The van der Waals surface area contributed by atoms with Gasteiger partial charge in [-0.15, -0.1) is 0 Å². The molecule has 0 aliphatic carbocycles. The molecule has 1 aliphatic rings. The van der Waals surface area contributed by atoms with Crippen LogP contribution in [-0.4, -0.2) is 47.0 Å². The molecule has 27 heavy (non-hydrogen) atoms. The van der Waals surface area contributed by atoms with Crippen molar-refractivity contribution in [2.75, 3.05) is 31.6 Å². The van der Waals surface area contributed by atoms with E-state index in [4.69, 9.17) is 0 Å². The number of benzene rings is 2. The van der Waals surface area contributed by atoms with Crippen LogP contribution in [0.25, 0.3) is 11.0 Å². The van der Waals surface area contributed by atoms with Crippen molar-refractivity contribution < 1.29 is 4.79 Å². The van der Waals surface area contributed by atoms with Crippen LogP contribution in [0.5, 0.6) is 0 Å². The third-order valence-corrected chi connectivity index (χ3v) is 5.57. The Kier molecular flexibility index (Phi) is 5.21. The Labute approximate surface area is 160 Å². The zero-order valence-electron chi connectivity index (χ0n) is 15.8. The summed E-state index contributed by atoms with van der Waals surface area (Å²) in [5.41, 5.74) is 3.22. The summed E-state index contributed by atoms with van der Waals surface area (Å²) in [5.74, 6) is 0.793. The molecule has 3 aromatic rings. The molecule has 1 fully saturated rings. The lowest BCUT2D eigenvalue weighted by Crippen LogP contribution is -2.42. The van der Waals surface area contributed by atoms with Crippen LogP contribution >= 0.6 is 0 Å². The molecule has 0 bridgehead atoms. The van der Waals surface area contributed by atoms with E-state index < -0.39 is 0 Å². The first kappa shape index (κ1) is 17.7. The lowest BCUT2D eigenvalue weighted by Gasteiger charge is -2.32. The third kappa shape index (κ3) is 4.03. The minimum Gasteiger partial charge on any atom is -0.330 e. The summed E-state index contributed by atoms with van der Waals surface area (Å²) in [6.45, 7) is 3.45. The van der Waals surface area contributed by atoms with Crippen LogP contribution in [0.3, 0.4) is 0 Å². The number of rotatable bonds is 5. The fourth-order valence-electron chi connectivity index (χ4n) is 3.85. The summed E-state index contributed by atoms with van der Waals surface area (Å²) in [4.78, 5) is 21.1. The first-order valence-electron chi connectivity index (χ1n) is 9.64. The molecular formula is C22H26N4O. The Morgan fingerprint density at radius 1 is 1.07 bits per heavy atom. The molecule has 0 N–H and O–H groups in total. The van der Waals surface area contributed by atoms with Gasteiger partial charge in [0.2, 0.25) is 5.91 Å². The number of amides is 1. The van der Waals surface area contributed by atoms with Crippen LogP contribution in [0.1, 0.15) is 12.8 Å². The van der Waals surface area contributed by atoms with Crippen molar-refractivity contribution >= 4 is 22.6 Å². The number of carbonyl (C=O) groups is 1. The Bertz CT molecular complexity index is 897. The highest BCUT2D eigenvalue weighted by Crippen LogP contribution is 2.22. The van der Waals surface area contributed by atoms with Gasteiger partial charge >= 0.3 is 0 Å². The number of carbonyl (C=O) groups excluding carboxylic acids is 1. The number of para-hydroxylation sites is 3. The lowest BCUT2D eigenvalue weighted by molar-refractivity contribution is -0.119. The van der Waals surface area contributed by atoms with Crippen molar-refractivity contribution in [1.82, 2.24) is 14.5 Å². The smallest absolute Gasteiger partial charge is 0.240 e. The van der Waals surface area contributed by atoms with Crippen LogP contribution in [0, 0.1) is 5.92 Å². The van der Waals surface area contributed by atoms with Gasteiger partial charge in [-0.2, -0.15) is 0 Å². The monoisotopic (exact) mass is 362 g/mol. The Morgan fingerprint density at radius 2 is 1.78 bits per heavy atom. The predicted octanol–water partition coefficient (Wildman–Crippen LogP) is 3.41. The van der Waals surface area contributed by atoms with Crippen molar-refractivity contribution in [3.63, 3.8) is 0 Å². The van der Waals surface area contributed by atoms with E-state index in [0.717, 1.165) is 43.7 Å². The number of piperidine rings is 1. The molecule has 1 aromatic heterocycles. The molecule has 2 aromatic carbocycles. The zero-order chi connectivity index (χ0) is 18.6. The molecule has 5 nitrogen and oxygen atoms in total. The van der Waals surface area contributed by atoms with Crippen molar-refractivity contribution in [2.24, 2.45) is 5.92 Å². The SMILES string of the molecule is CN(C(=O)CN1CCC(Cn2cnc3ccccc32)CC1)c1ccccc1. The maximum Gasteiger partial charge on any atom is 0.240 e. The Morgan fingerprint density at radius 3 is 2.56 bits per heavy atom. The normalized spacial score (nSPS) is 15.9. The molecule has 0 saturated carbocycles. The number of hydrogen-bond acceptors (Lipinski definition) is 3. The van der Waals surface area contributed by atoms with E-state index in [1.54, 1.807) is 4.90 Å². The van der Waals surface area contributed by atoms with Crippen LogP contribution in [0.4, 0.5) is 5.69 Å². The highest BCUT2D eigenvalue weighted by molar-refractivity contribution is 5.94. The number of hydrogen-bond donors (Lipinski definition) is 0. The Balaban J connectivity index is 1.29. The van der Waals surface area contributed by atoms with Gasteiger partial charge in [-0.25, -0.2) is 4.98 Å². The highest BCUT2D eigenvalue weighted by atomic mass is 16.2. The van der Waals surface area contributed by atoms with Crippen molar-refractivity contribution in [3.8, 4) is 0 Å². The standard InChI is InChI=1S/C22H26N4O/c1-24(19-7-3-2-4-8-19)22(27)16-25-13-11-18(12-14-25)15-26-17-23-20-9-5-6-10-21(20)26/h2-10,17-18H,11-16H2,1H3. The van der Waals surface area contributed by atoms with E-state index in [1.165, 1.54) is 5.52 Å². The molecule has 2 heterocycles. The highest BCUT2D eigenvalue weighted by Gasteiger charge is 2.23. The summed E-state index contributed by atoms with van der Waals surface area (Å²) in [5, 5.41) is 0. The van der Waals surface area contributed by atoms with Gasteiger partial charge in [-0.3, -0.25) is 9.69 Å². The topological polar surface area (TPSA) is 41.4 Å². The number of likely N-dealkylation sites (N-methyl/N-ethyl adjacent to an activating group) is 1. The summed E-state index contributed by atoms with van der Waals surface area (Å²) >= 11 is 0. The molecule has 0 radical (unpaired) electrons. The minimum atomic E-state index is 0.153. The molecule has 1 amide bonds. The maximum absolute atomic E-state index is 12.6. The molecule has 5 heteroatoms. The van der Waals surface area contributed by atoms with Gasteiger partial charge in [0.25, 0.3) is 0 Å². The number of aromatic nitrogens is 2. The van der Waals surface area contributed by atoms with Gasteiger partial charge in [0, 0.05) is 19.3 Å². The van der Waals surface area contributed by atoms with Crippen LogP contribution in [0.15, 0.2) is 60.9 Å². The summed E-state index contributed by atoms with van der Waals surface area (Å²) in [6.07, 6.45) is 4.19. The molecule has 1 saturated heterocycles. The number of fused-ring (bicyclic) bond motifs is 1.